The molecule has 0 saturated heterocycles. The topological polar surface area (TPSA) is 297 Å². The second kappa shape index (κ2) is 28.0. The van der Waals surface area contributed by atoms with Crippen molar-refractivity contribution in [3.63, 3.8) is 0 Å². The van der Waals surface area contributed by atoms with Crippen molar-refractivity contribution in [1.82, 2.24) is 25.4 Å². The van der Waals surface area contributed by atoms with Crippen molar-refractivity contribution in [3.8, 4) is 11.1 Å². The van der Waals surface area contributed by atoms with Crippen LogP contribution >= 0.6 is 11.8 Å². The van der Waals surface area contributed by atoms with Gasteiger partial charge in [-0.1, -0.05) is 51.1 Å². The number of thioether (sulfide) groups is 1. The summed E-state index contributed by atoms with van der Waals surface area (Å²) in [7, 11) is 0. The number of nitrogens with zero attached hydrogens (tertiary/aromatic N) is 2. The van der Waals surface area contributed by atoms with Gasteiger partial charge in [-0.05, 0) is 48.6 Å². The lowest BCUT2D eigenvalue weighted by Gasteiger charge is -2.41. The number of carboxylic acids is 3. The molecule has 0 fully saturated rings. The van der Waals surface area contributed by atoms with Crippen molar-refractivity contribution in [2.45, 2.75) is 76.6 Å². The number of hydrogen-bond donors (Lipinski definition) is 9. The Bertz CT molecular complexity index is 2070. The smallest absolute Gasteiger partial charge is 0.481 e. The van der Waals surface area contributed by atoms with E-state index in [-0.39, 0.29) is 43.8 Å². The zero-order valence-electron chi connectivity index (χ0n) is 36.5. The quantitative estimate of drug-likeness (QED) is 0.0398. The summed E-state index contributed by atoms with van der Waals surface area (Å²) >= 11 is 0.936. The van der Waals surface area contributed by atoms with Crippen LogP contribution in [0.4, 0.5) is 22.0 Å². The van der Waals surface area contributed by atoms with Crippen LogP contribution < -0.4 is 27.4 Å². The van der Waals surface area contributed by atoms with Gasteiger partial charge in [0, 0.05) is 61.5 Å². The van der Waals surface area contributed by atoms with Gasteiger partial charge in [-0.25, -0.2) is 13.6 Å². The number of aromatic nitrogens is 1. The molecule has 0 radical (unpaired) electrons. The number of aliphatic hydroxyl groups is 1. The van der Waals surface area contributed by atoms with Gasteiger partial charge in [0.1, 0.15) is 24.3 Å². The van der Waals surface area contributed by atoms with Crippen LogP contribution in [0.15, 0.2) is 60.8 Å². The number of alkyl halides is 3. The molecule has 3 aromatic rings. The standard InChI is InChI=1S/C31H39F2N5O4.C9H16N2O5S.C2HF3O2/c1-31(2,3)29(38(28(41)19-39)14-11-26(34)30(42)36-13-12-35-20-40)27-15-22(24-16-23(32)9-10-25(24)33)18-37(27)17-21-7-5-4-6-8-21;1-2-11-8(14)6(3-7(12)13)17-4-5(10)9(15)16;3-2(4,5)1(6)7/h4-10,15-16,18,20,26,29,39H,11-14,17,19,34H2,1-3H3,(H,35,40)(H,36,42);5-6H,2-4,10H2,1H3,(H,11,14)(H,12,13)(H,15,16);(H,6,7)/t;5-,6?;/m.0./s1. The molecule has 11 N–H and O–H groups in total. The third-order valence-electron chi connectivity index (χ3n) is 8.94. The van der Waals surface area contributed by atoms with Crippen molar-refractivity contribution in [1.29, 1.82) is 0 Å². The minimum absolute atomic E-state index is 0.00951. The van der Waals surface area contributed by atoms with Crippen LogP contribution in [0.3, 0.4) is 0 Å². The van der Waals surface area contributed by atoms with E-state index < -0.39 is 88.8 Å². The van der Waals surface area contributed by atoms with Crippen molar-refractivity contribution < 1.29 is 75.9 Å². The van der Waals surface area contributed by atoms with Crippen LogP contribution in [0.5, 0.6) is 0 Å². The van der Waals surface area contributed by atoms with Gasteiger partial charge in [-0.15, -0.1) is 11.8 Å². The maximum Gasteiger partial charge on any atom is 0.490 e. The van der Waals surface area contributed by atoms with Crippen LogP contribution in [0.2, 0.25) is 0 Å². The molecule has 4 amide bonds. The Morgan fingerprint density at radius 3 is 2.03 bits per heavy atom. The predicted octanol–water partition coefficient (Wildman–Crippen LogP) is 2.71. The summed E-state index contributed by atoms with van der Waals surface area (Å²) in [5.74, 6) is -7.65. The molecule has 0 aliphatic carbocycles. The predicted molar refractivity (Wildman–Crippen MR) is 232 cm³/mol. The number of carbonyl (C=O) groups excluding carboxylic acids is 4. The third-order valence-corrected chi connectivity index (χ3v) is 10.3. The van der Waals surface area contributed by atoms with E-state index >= 15 is 0 Å². The number of rotatable bonds is 22. The Balaban J connectivity index is 0.000000746. The summed E-state index contributed by atoms with van der Waals surface area (Å²) in [6.07, 6.45) is -3.09. The van der Waals surface area contributed by atoms with Gasteiger partial charge in [-0.2, -0.15) is 13.2 Å². The zero-order chi connectivity index (χ0) is 50.4. The molecule has 66 heavy (non-hydrogen) atoms. The number of benzene rings is 2. The molecular formula is C42H56F5N7O11S. The maximum atomic E-state index is 14.9. The Kier molecular flexibility index (Phi) is 24.6. The average Bonchev–Trinajstić information content (AvgIpc) is 3.64. The monoisotopic (exact) mass is 961 g/mol. The first kappa shape index (κ1) is 57.9. The minimum Gasteiger partial charge on any atom is -0.481 e. The second-order valence-electron chi connectivity index (χ2n) is 15.2. The number of carboxylic acid groups (broad SMARTS) is 3. The zero-order valence-corrected chi connectivity index (χ0v) is 37.3. The number of carbonyl (C=O) groups is 7. The molecule has 0 bridgehead atoms. The largest absolute Gasteiger partial charge is 0.490 e. The van der Waals surface area contributed by atoms with Crippen LogP contribution in [-0.2, 0) is 40.1 Å². The van der Waals surface area contributed by atoms with Crippen LogP contribution in [0.25, 0.3) is 11.1 Å². The van der Waals surface area contributed by atoms with E-state index in [4.69, 9.17) is 31.6 Å². The lowest BCUT2D eigenvalue weighted by atomic mass is 9.82. The molecule has 0 saturated carbocycles. The summed E-state index contributed by atoms with van der Waals surface area (Å²) in [6.45, 7) is 8.01. The van der Waals surface area contributed by atoms with Crippen LogP contribution in [-0.4, -0.2) is 134 Å². The van der Waals surface area contributed by atoms with Gasteiger partial charge in [0.25, 0.3) is 0 Å². The molecule has 0 spiro atoms. The molecule has 4 atom stereocenters. The first-order chi connectivity index (χ1) is 30.8. The molecule has 24 heteroatoms. The van der Waals surface area contributed by atoms with E-state index in [1.807, 2.05) is 55.7 Å². The Hall–Kier alpha value is -6.11. The van der Waals surface area contributed by atoms with Crippen molar-refractivity contribution in [2.24, 2.45) is 16.9 Å². The number of aliphatic hydroxyl groups excluding tert-OH is 1. The van der Waals surface area contributed by atoms with Gasteiger partial charge in [0.2, 0.25) is 24.1 Å². The van der Waals surface area contributed by atoms with E-state index in [0.717, 1.165) is 35.5 Å². The van der Waals surface area contributed by atoms with Gasteiger partial charge < -0.3 is 57.3 Å². The molecule has 366 valence electrons. The number of hydrogen-bond acceptors (Lipinski definition) is 11. The molecule has 1 heterocycles. The van der Waals surface area contributed by atoms with E-state index in [0.29, 0.717) is 30.8 Å². The van der Waals surface area contributed by atoms with Gasteiger partial charge in [0.15, 0.2) is 0 Å². The Labute approximate surface area is 381 Å². The minimum atomic E-state index is -5.08. The molecular weight excluding hydrogens is 906 g/mol. The first-order valence-corrected chi connectivity index (χ1v) is 21.0. The fourth-order valence-electron chi connectivity index (χ4n) is 5.92. The summed E-state index contributed by atoms with van der Waals surface area (Å²) in [5.41, 5.74) is 12.9. The third kappa shape index (κ3) is 20.4. The van der Waals surface area contributed by atoms with Crippen molar-refractivity contribution in [3.05, 3.63) is 83.7 Å². The summed E-state index contributed by atoms with van der Waals surface area (Å²) in [6, 6.07) is 11.9. The van der Waals surface area contributed by atoms with Crippen molar-refractivity contribution >= 4 is 53.8 Å². The summed E-state index contributed by atoms with van der Waals surface area (Å²) < 4.78 is 62.7. The molecule has 2 aromatic carbocycles. The van der Waals surface area contributed by atoms with Gasteiger partial charge in [0.05, 0.1) is 23.8 Å². The van der Waals surface area contributed by atoms with Crippen molar-refractivity contribution in [2.75, 3.05) is 38.5 Å². The second-order valence-corrected chi connectivity index (χ2v) is 16.5. The van der Waals surface area contributed by atoms with Crippen LogP contribution in [0.1, 0.15) is 57.8 Å². The number of amides is 4. The fraction of sp³-hybridized carbons (Fsp3) is 0.452. The van der Waals surface area contributed by atoms with E-state index in [1.165, 1.54) is 4.90 Å². The van der Waals surface area contributed by atoms with E-state index in [9.17, 15) is 55.8 Å². The Morgan fingerprint density at radius 2 is 1.52 bits per heavy atom. The molecule has 1 aromatic heterocycles. The van der Waals surface area contributed by atoms with Gasteiger partial charge in [-0.3, -0.25) is 28.8 Å². The Morgan fingerprint density at radius 1 is 0.894 bits per heavy atom. The highest BCUT2D eigenvalue weighted by Gasteiger charge is 2.39. The first-order valence-electron chi connectivity index (χ1n) is 20.0. The fourth-order valence-corrected chi connectivity index (χ4v) is 7.00. The number of halogens is 5. The summed E-state index contributed by atoms with van der Waals surface area (Å²) in [5, 5.41) is 41.0. The number of nitrogens with one attached hydrogen (secondary N) is 3. The number of nitrogens with two attached hydrogens (primary N) is 2. The molecule has 18 nitrogen and oxygen atoms in total. The van der Waals surface area contributed by atoms with E-state index in [2.05, 4.69) is 16.0 Å². The SMILES string of the molecule is CC(C)(C)C(c1cc(-c2cc(F)ccc2F)cn1Cc1ccccc1)N(CCC(N)C(=O)NCCNC=O)C(=O)CO.CCNC(=O)C(CC(=O)O)SC[C@H](N)C(=O)O.O=C(O)C(F)(F)F. The highest BCUT2D eigenvalue weighted by molar-refractivity contribution is 8.00. The summed E-state index contributed by atoms with van der Waals surface area (Å²) in [4.78, 5) is 79.0. The highest BCUT2D eigenvalue weighted by Crippen LogP contribution is 2.41. The van der Waals surface area contributed by atoms with Gasteiger partial charge >= 0.3 is 24.1 Å². The molecule has 3 rings (SSSR count). The molecule has 3 unspecified atom stereocenters. The maximum absolute atomic E-state index is 14.9. The van der Waals surface area contributed by atoms with E-state index in [1.54, 1.807) is 19.2 Å². The average molecular weight is 962 g/mol. The lowest BCUT2D eigenvalue weighted by molar-refractivity contribution is -0.192. The lowest BCUT2D eigenvalue weighted by Crippen LogP contribution is -2.48. The number of aliphatic carboxylic acids is 3. The van der Waals surface area contributed by atoms with Crippen LogP contribution in [0, 0.1) is 17.0 Å². The molecule has 0 aliphatic rings. The highest BCUT2D eigenvalue weighted by atomic mass is 32.2. The molecule has 0 aliphatic heterocycles. The normalized spacial score (nSPS) is 12.9.